The Morgan fingerprint density at radius 2 is 1.96 bits per heavy atom. The highest BCUT2D eigenvalue weighted by atomic mass is 35.5. The molecule has 118 valence electrons. The maximum atomic E-state index is 12.1. The predicted molar refractivity (Wildman–Crippen MR) is 89.2 cm³/mol. The Morgan fingerprint density at radius 1 is 1.17 bits per heavy atom. The lowest BCUT2D eigenvalue weighted by molar-refractivity contribution is 0.201. The quantitative estimate of drug-likeness (QED) is 0.754. The maximum Gasteiger partial charge on any atom is 0.258 e. The summed E-state index contributed by atoms with van der Waals surface area (Å²) >= 11 is 5.90. The van der Waals surface area contributed by atoms with Crippen LogP contribution in [0.5, 0.6) is 5.75 Å². The second-order valence-corrected chi connectivity index (χ2v) is 5.50. The van der Waals surface area contributed by atoms with Gasteiger partial charge in [0, 0.05) is 11.4 Å². The second-order valence-electron chi connectivity index (χ2n) is 5.07. The summed E-state index contributed by atoms with van der Waals surface area (Å²) in [4.78, 5) is 19.4. The van der Waals surface area contributed by atoms with Gasteiger partial charge in [-0.05, 0) is 35.9 Å². The van der Waals surface area contributed by atoms with Gasteiger partial charge in [-0.15, -0.1) is 0 Å². The van der Waals surface area contributed by atoms with Crippen molar-refractivity contribution in [2.75, 3.05) is 13.2 Å². The molecule has 0 radical (unpaired) electrons. The fourth-order valence-corrected chi connectivity index (χ4v) is 2.48. The van der Waals surface area contributed by atoms with Crippen LogP contribution in [0, 0.1) is 0 Å². The Hall–Kier alpha value is -2.37. The van der Waals surface area contributed by atoms with Crippen molar-refractivity contribution in [3.63, 3.8) is 0 Å². The van der Waals surface area contributed by atoms with Gasteiger partial charge in [0.15, 0.2) is 0 Å². The Morgan fingerprint density at radius 3 is 2.70 bits per heavy atom. The average molecular weight is 331 g/mol. The van der Waals surface area contributed by atoms with Crippen LogP contribution in [-0.2, 0) is 6.42 Å². The molecule has 0 saturated heterocycles. The third-order valence-corrected chi connectivity index (χ3v) is 3.61. The zero-order chi connectivity index (χ0) is 16.2. The highest BCUT2D eigenvalue weighted by Crippen LogP contribution is 2.17. The molecule has 2 aromatic carbocycles. The smallest absolute Gasteiger partial charge is 0.258 e. The number of H-pyrrole nitrogens is 1. The molecule has 3 rings (SSSR count). The van der Waals surface area contributed by atoms with Gasteiger partial charge in [0.05, 0.1) is 17.5 Å². The summed E-state index contributed by atoms with van der Waals surface area (Å²) in [7, 11) is 0. The molecular weight excluding hydrogens is 316 g/mol. The Kier molecular flexibility index (Phi) is 4.60. The lowest BCUT2D eigenvalue weighted by Gasteiger charge is -2.06. The molecule has 0 bridgehead atoms. The number of benzene rings is 2. The Balaban J connectivity index is 1.84. The van der Waals surface area contributed by atoms with Crippen molar-refractivity contribution in [2.24, 2.45) is 0 Å². The number of aliphatic hydroxyl groups is 1. The summed E-state index contributed by atoms with van der Waals surface area (Å²) in [5.41, 5.74) is 1.42. The van der Waals surface area contributed by atoms with E-state index in [9.17, 15) is 4.79 Å². The van der Waals surface area contributed by atoms with Crippen LogP contribution >= 0.6 is 11.6 Å². The summed E-state index contributed by atoms with van der Waals surface area (Å²) < 4.78 is 5.31. The van der Waals surface area contributed by atoms with Gasteiger partial charge in [0.1, 0.15) is 18.2 Å². The predicted octanol–water partition coefficient (Wildman–Crippen LogP) is 2.54. The van der Waals surface area contributed by atoms with Gasteiger partial charge in [-0.3, -0.25) is 4.79 Å². The van der Waals surface area contributed by atoms with Crippen molar-refractivity contribution in [1.82, 2.24) is 9.97 Å². The van der Waals surface area contributed by atoms with Crippen LogP contribution in [0.2, 0.25) is 5.02 Å². The van der Waals surface area contributed by atoms with Gasteiger partial charge in [-0.2, -0.15) is 0 Å². The fourth-order valence-electron chi connectivity index (χ4n) is 2.30. The highest BCUT2D eigenvalue weighted by molar-refractivity contribution is 6.31. The molecule has 1 heterocycles. The lowest BCUT2D eigenvalue weighted by atomic mass is 10.1. The molecule has 2 N–H and O–H groups in total. The van der Waals surface area contributed by atoms with E-state index in [-0.39, 0.29) is 18.8 Å². The van der Waals surface area contributed by atoms with Gasteiger partial charge in [-0.1, -0.05) is 23.7 Å². The summed E-state index contributed by atoms with van der Waals surface area (Å²) in [5, 5.41) is 9.72. The summed E-state index contributed by atoms with van der Waals surface area (Å²) in [6.45, 7) is 0.246. The van der Waals surface area contributed by atoms with E-state index in [2.05, 4.69) is 9.97 Å². The van der Waals surface area contributed by atoms with E-state index >= 15 is 0 Å². The van der Waals surface area contributed by atoms with Gasteiger partial charge in [0.25, 0.3) is 5.56 Å². The SMILES string of the molecule is O=c1[nH]c(Cc2ccc(OCCO)cc2)nc2ccc(Cl)cc12. The summed E-state index contributed by atoms with van der Waals surface area (Å²) in [5.74, 6) is 1.28. The number of hydrogen-bond donors (Lipinski definition) is 2. The standard InChI is InChI=1S/C17H15ClN2O3/c18-12-3-6-15-14(10-12)17(22)20-16(19-15)9-11-1-4-13(5-2-11)23-8-7-21/h1-6,10,21H,7-9H2,(H,19,20,22). The van der Waals surface area contributed by atoms with Gasteiger partial charge in [0.2, 0.25) is 0 Å². The molecule has 5 nitrogen and oxygen atoms in total. The molecule has 0 unspecified atom stereocenters. The molecular formula is C17H15ClN2O3. The number of hydrogen-bond acceptors (Lipinski definition) is 4. The largest absolute Gasteiger partial charge is 0.491 e. The average Bonchev–Trinajstić information content (AvgIpc) is 2.55. The Labute approximate surface area is 137 Å². The van der Waals surface area contributed by atoms with E-state index in [0.717, 1.165) is 5.56 Å². The van der Waals surface area contributed by atoms with Gasteiger partial charge < -0.3 is 14.8 Å². The summed E-state index contributed by atoms with van der Waals surface area (Å²) in [6, 6.07) is 12.5. The van der Waals surface area contributed by atoms with E-state index in [1.807, 2.05) is 24.3 Å². The molecule has 6 heteroatoms. The fraction of sp³-hybridized carbons (Fsp3) is 0.176. The van der Waals surface area contributed by atoms with Crippen molar-refractivity contribution < 1.29 is 9.84 Å². The van der Waals surface area contributed by atoms with Crippen LogP contribution in [0.25, 0.3) is 10.9 Å². The Bertz CT molecular complexity index is 875. The van der Waals surface area contributed by atoms with Crippen molar-refractivity contribution in [3.8, 4) is 5.75 Å². The highest BCUT2D eigenvalue weighted by Gasteiger charge is 2.06. The number of nitrogens with one attached hydrogen (secondary N) is 1. The first-order chi connectivity index (χ1) is 11.2. The third kappa shape index (κ3) is 3.70. The van der Waals surface area contributed by atoms with Crippen LogP contribution in [0.4, 0.5) is 0 Å². The molecule has 0 aliphatic rings. The first kappa shape index (κ1) is 15.5. The summed E-state index contributed by atoms with van der Waals surface area (Å²) in [6.07, 6.45) is 0.508. The van der Waals surface area contributed by atoms with Crippen LogP contribution in [0.3, 0.4) is 0 Å². The molecule has 0 atom stereocenters. The van der Waals surface area contributed by atoms with Crippen LogP contribution in [0.15, 0.2) is 47.3 Å². The number of aromatic nitrogens is 2. The molecule has 0 saturated carbocycles. The zero-order valence-corrected chi connectivity index (χ0v) is 13.0. The molecule has 1 aromatic heterocycles. The second kappa shape index (κ2) is 6.81. The normalized spacial score (nSPS) is 10.9. The molecule has 0 amide bonds. The van der Waals surface area contributed by atoms with Crippen LogP contribution in [0.1, 0.15) is 11.4 Å². The number of aromatic amines is 1. The van der Waals surface area contributed by atoms with E-state index in [1.54, 1.807) is 18.2 Å². The molecule has 0 aliphatic heterocycles. The maximum absolute atomic E-state index is 12.1. The molecule has 0 spiro atoms. The van der Waals surface area contributed by atoms with E-state index in [4.69, 9.17) is 21.4 Å². The number of fused-ring (bicyclic) bond motifs is 1. The number of aliphatic hydroxyl groups excluding tert-OH is 1. The van der Waals surface area contributed by atoms with Crippen LogP contribution < -0.4 is 10.3 Å². The minimum atomic E-state index is -0.199. The number of rotatable bonds is 5. The molecule has 3 aromatic rings. The minimum Gasteiger partial charge on any atom is -0.491 e. The minimum absolute atomic E-state index is 0.0198. The van der Waals surface area contributed by atoms with E-state index < -0.39 is 0 Å². The lowest BCUT2D eigenvalue weighted by Crippen LogP contribution is -2.12. The van der Waals surface area contributed by atoms with Gasteiger partial charge in [-0.25, -0.2) is 4.98 Å². The number of ether oxygens (including phenoxy) is 1. The topological polar surface area (TPSA) is 75.2 Å². The first-order valence-electron chi connectivity index (χ1n) is 7.17. The van der Waals surface area contributed by atoms with Crippen molar-refractivity contribution in [2.45, 2.75) is 6.42 Å². The number of nitrogens with zero attached hydrogens (tertiary/aromatic N) is 1. The molecule has 0 fully saturated rings. The van der Waals surface area contributed by atoms with E-state index in [1.165, 1.54) is 0 Å². The van der Waals surface area contributed by atoms with Crippen molar-refractivity contribution >= 4 is 22.5 Å². The van der Waals surface area contributed by atoms with Crippen LogP contribution in [-0.4, -0.2) is 28.3 Å². The third-order valence-electron chi connectivity index (χ3n) is 3.37. The molecule has 23 heavy (non-hydrogen) atoms. The van der Waals surface area contributed by atoms with Gasteiger partial charge >= 0.3 is 0 Å². The molecule has 0 aliphatic carbocycles. The van der Waals surface area contributed by atoms with E-state index in [0.29, 0.717) is 33.9 Å². The first-order valence-corrected chi connectivity index (χ1v) is 7.54. The monoisotopic (exact) mass is 330 g/mol. The number of halogens is 1. The zero-order valence-electron chi connectivity index (χ0n) is 12.3. The van der Waals surface area contributed by atoms with Crippen molar-refractivity contribution in [1.29, 1.82) is 0 Å². The van der Waals surface area contributed by atoms with Crippen molar-refractivity contribution in [3.05, 3.63) is 69.2 Å².